The summed E-state index contributed by atoms with van der Waals surface area (Å²) in [6.07, 6.45) is 0. The van der Waals surface area contributed by atoms with Gasteiger partial charge in [-0.1, -0.05) is 18.2 Å². The molecule has 0 radical (unpaired) electrons. The summed E-state index contributed by atoms with van der Waals surface area (Å²) in [4.78, 5) is 10.8. The molecule has 0 aliphatic heterocycles. The highest BCUT2D eigenvalue weighted by Crippen LogP contribution is 2.35. The molecule has 7 nitrogen and oxygen atoms in total. The first-order chi connectivity index (χ1) is 12.1. The Morgan fingerprint density at radius 1 is 0.880 bits per heavy atom. The van der Waals surface area contributed by atoms with E-state index >= 15 is 0 Å². The van der Waals surface area contributed by atoms with Gasteiger partial charge in [0.25, 0.3) is 5.69 Å². The maximum absolute atomic E-state index is 11.2. The maximum Gasteiger partial charge on any atom is 0.277 e. The zero-order chi connectivity index (χ0) is 17.8. The van der Waals surface area contributed by atoms with Gasteiger partial charge in [0.05, 0.1) is 35.9 Å². The largest absolute Gasteiger partial charge is 0.493 e. The standard InChI is InChI=1S/C18H15N3O4/c1-24-17-10-7-12(11-18(17)25-2)19-20-15-8-9-16(21(22)23)14-6-4-3-5-13(14)15/h3-11H,1-2H3. The third kappa shape index (κ3) is 3.25. The van der Waals surface area contributed by atoms with Gasteiger partial charge in [-0.05, 0) is 24.3 Å². The molecule has 0 fully saturated rings. The summed E-state index contributed by atoms with van der Waals surface area (Å²) in [6, 6.07) is 15.3. The van der Waals surface area contributed by atoms with E-state index in [9.17, 15) is 10.1 Å². The van der Waals surface area contributed by atoms with E-state index in [4.69, 9.17) is 9.47 Å². The van der Waals surface area contributed by atoms with Gasteiger partial charge in [0.1, 0.15) is 0 Å². The van der Waals surface area contributed by atoms with Crippen LogP contribution in [0.4, 0.5) is 17.1 Å². The number of nitrogens with zero attached hydrogens (tertiary/aromatic N) is 3. The van der Waals surface area contributed by atoms with Crippen LogP contribution in [0.15, 0.2) is 64.8 Å². The van der Waals surface area contributed by atoms with Crippen LogP contribution in [-0.4, -0.2) is 19.1 Å². The molecule has 0 heterocycles. The first-order valence-electron chi connectivity index (χ1n) is 7.44. The van der Waals surface area contributed by atoms with Gasteiger partial charge >= 0.3 is 0 Å². The summed E-state index contributed by atoms with van der Waals surface area (Å²) in [5.74, 6) is 1.15. The smallest absolute Gasteiger partial charge is 0.277 e. The number of methoxy groups -OCH3 is 2. The molecule has 0 aliphatic carbocycles. The third-order valence-corrected chi connectivity index (χ3v) is 3.72. The number of non-ortho nitro benzene ring substituents is 1. The third-order valence-electron chi connectivity index (χ3n) is 3.72. The Balaban J connectivity index is 2.02. The van der Waals surface area contributed by atoms with Crippen LogP contribution in [0, 0.1) is 10.1 Å². The number of azo groups is 1. The molecule has 3 rings (SSSR count). The number of hydrogen-bond donors (Lipinski definition) is 0. The number of rotatable bonds is 5. The first-order valence-corrected chi connectivity index (χ1v) is 7.44. The summed E-state index contributed by atoms with van der Waals surface area (Å²) in [5, 5.41) is 20.8. The molecule has 126 valence electrons. The lowest BCUT2D eigenvalue weighted by Gasteiger charge is -2.07. The zero-order valence-corrected chi connectivity index (χ0v) is 13.7. The van der Waals surface area contributed by atoms with Gasteiger partial charge in [-0.15, -0.1) is 5.11 Å². The van der Waals surface area contributed by atoms with Crippen molar-refractivity contribution in [3.8, 4) is 11.5 Å². The van der Waals surface area contributed by atoms with E-state index in [-0.39, 0.29) is 5.69 Å². The second-order valence-electron chi connectivity index (χ2n) is 5.15. The normalized spacial score (nSPS) is 11.0. The van der Waals surface area contributed by atoms with Crippen molar-refractivity contribution in [2.75, 3.05) is 14.2 Å². The van der Waals surface area contributed by atoms with Crippen LogP contribution >= 0.6 is 0 Å². The van der Waals surface area contributed by atoms with E-state index in [1.165, 1.54) is 6.07 Å². The van der Waals surface area contributed by atoms with Crippen molar-refractivity contribution in [2.24, 2.45) is 10.2 Å². The van der Waals surface area contributed by atoms with Gasteiger partial charge in [0.15, 0.2) is 11.5 Å². The van der Waals surface area contributed by atoms with Crippen LogP contribution in [-0.2, 0) is 0 Å². The molecule has 0 aromatic heterocycles. The van der Waals surface area contributed by atoms with Gasteiger partial charge in [0.2, 0.25) is 0 Å². The van der Waals surface area contributed by atoms with Gasteiger partial charge in [0, 0.05) is 17.5 Å². The Hall–Kier alpha value is -3.48. The molecule has 0 bridgehead atoms. The van der Waals surface area contributed by atoms with Crippen LogP contribution in [0.5, 0.6) is 11.5 Å². The monoisotopic (exact) mass is 337 g/mol. The lowest BCUT2D eigenvalue weighted by Crippen LogP contribution is -1.89. The average molecular weight is 337 g/mol. The Kier molecular flexibility index (Phi) is 4.56. The Bertz CT molecular complexity index is 970. The van der Waals surface area contributed by atoms with Crippen molar-refractivity contribution >= 4 is 27.8 Å². The fraction of sp³-hybridized carbons (Fsp3) is 0.111. The first kappa shape index (κ1) is 16.4. The summed E-state index contributed by atoms with van der Waals surface area (Å²) in [7, 11) is 3.10. The van der Waals surface area contributed by atoms with Crippen molar-refractivity contribution in [3.05, 3.63) is 64.7 Å². The van der Waals surface area contributed by atoms with Crippen molar-refractivity contribution in [2.45, 2.75) is 0 Å². The van der Waals surface area contributed by atoms with Crippen LogP contribution in [0.3, 0.4) is 0 Å². The number of ether oxygens (including phenoxy) is 2. The van der Waals surface area contributed by atoms with Gasteiger partial charge in [-0.25, -0.2) is 0 Å². The predicted octanol–water partition coefficient (Wildman–Crippen LogP) is 5.18. The van der Waals surface area contributed by atoms with Gasteiger partial charge in [-0.2, -0.15) is 5.11 Å². The minimum absolute atomic E-state index is 0.0423. The van der Waals surface area contributed by atoms with Crippen LogP contribution in [0.2, 0.25) is 0 Å². The van der Waals surface area contributed by atoms with E-state index in [0.717, 1.165) is 0 Å². The van der Waals surface area contributed by atoms with Crippen LogP contribution < -0.4 is 9.47 Å². The molecule has 0 saturated heterocycles. The zero-order valence-electron chi connectivity index (χ0n) is 13.7. The van der Waals surface area contributed by atoms with Crippen LogP contribution in [0.1, 0.15) is 0 Å². The van der Waals surface area contributed by atoms with Crippen LogP contribution in [0.25, 0.3) is 10.8 Å². The molecule has 3 aromatic rings. The number of fused-ring (bicyclic) bond motifs is 1. The minimum Gasteiger partial charge on any atom is -0.493 e. The van der Waals surface area contributed by atoms with Gasteiger partial charge in [-0.3, -0.25) is 10.1 Å². The number of nitro groups is 1. The number of benzene rings is 3. The molecule has 0 atom stereocenters. The molecular formula is C18H15N3O4. The highest BCUT2D eigenvalue weighted by molar-refractivity contribution is 5.98. The molecule has 0 saturated carbocycles. The molecule has 0 amide bonds. The molecule has 3 aromatic carbocycles. The quantitative estimate of drug-likeness (QED) is 0.364. The molecular weight excluding hydrogens is 322 g/mol. The lowest BCUT2D eigenvalue weighted by molar-refractivity contribution is -0.383. The highest BCUT2D eigenvalue weighted by atomic mass is 16.6. The Labute approximate surface area is 143 Å². The molecule has 0 N–H and O–H groups in total. The summed E-state index contributed by atoms with van der Waals surface area (Å²) in [5.41, 5.74) is 1.18. The Morgan fingerprint density at radius 3 is 2.28 bits per heavy atom. The van der Waals surface area contributed by atoms with E-state index in [0.29, 0.717) is 33.6 Å². The fourth-order valence-electron chi connectivity index (χ4n) is 2.51. The van der Waals surface area contributed by atoms with Crippen molar-refractivity contribution < 1.29 is 14.4 Å². The minimum atomic E-state index is -0.405. The lowest BCUT2D eigenvalue weighted by atomic mass is 10.1. The van der Waals surface area contributed by atoms with E-state index < -0.39 is 4.92 Å². The number of hydrogen-bond acceptors (Lipinski definition) is 6. The van der Waals surface area contributed by atoms with Crippen molar-refractivity contribution in [3.63, 3.8) is 0 Å². The Morgan fingerprint density at radius 2 is 1.60 bits per heavy atom. The van der Waals surface area contributed by atoms with E-state index in [1.807, 2.05) is 6.07 Å². The fourth-order valence-corrected chi connectivity index (χ4v) is 2.51. The highest BCUT2D eigenvalue weighted by Gasteiger charge is 2.13. The summed E-state index contributed by atoms with van der Waals surface area (Å²) in [6.45, 7) is 0. The molecule has 0 aliphatic rings. The molecule has 0 spiro atoms. The topological polar surface area (TPSA) is 86.3 Å². The molecule has 25 heavy (non-hydrogen) atoms. The SMILES string of the molecule is COc1ccc(N=Nc2ccc([N+](=O)[O-])c3ccccc23)cc1OC. The maximum atomic E-state index is 11.2. The van der Waals surface area contributed by atoms with Crippen molar-refractivity contribution in [1.82, 2.24) is 0 Å². The second kappa shape index (κ2) is 6.96. The molecule has 7 heteroatoms. The van der Waals surface area contributed by atoms with Gasteiger partial charge < -0.3 is 9.47 Å². The van der Waals surface area contributed by atoms with E-state index in [1.54, 1.807) is 56.7 Å². The predicted molar refractivity (Wildman–Crippen MR) is 94.3 cm³/mol. The summed E-state index contributed by atoms with van der Waals surface area (Å²) < 4.78 is 10.4. The molecule has 0 unspecified atom stereocenters. The summed E-state index contributed by atoms with van der Waals surface area (Å²) >= 11 is 0. The second-order valence-corrected chi connectivity index (χ2v) is 5.15. The average Bonchev–Trinajstić information content (AvgIpc) is 2.65. The van der Waals surface area contributed by atoms with Crippen molar-refractivity contribution in [1.29, 1.82) is 0 Å². The number of nitro benzene ring substituents is 1. The van der Waals surface area contributed by atoms with E-state index in [2.05, 4.69) is 10.2 Å².